The number of carbonyl (C=O) groups excluding carboxylic acids is 1. The minimum atomic E-state index is -1.74. The van der Waals surface area contributed by atoms with E-state index in [1.54, 1.807) is 6.92 Å². The van der Waals surface area contributed by atoms with Crippen molar-refractivity contribution in [3.63, 3.8) is 0 Å². The first kappa shape index (κ1) is 22.4. The highest BCUT2D eigenvalue weighted by atomic mass is 28.4. The van der Waals surface area contributed by atoms with E-state index in [1.165, 1.54) is 50.7 Å². The lowest BCUT2D eigenvalue weighted by atomic mass is 9.51. The molecule has 3 fully saturated rings. The average molecular weight is 433 g/mol. The molecule has 0 N–H and O–H groups in total. The summed E-state index contributed by atoms with van der Waals surface area (Å²) in [7, 11) is -1.74. The van der Waals surface area contributed by atoms with Crippen LogP contribution in [-0.4, -0.2) is 20.4 Å². The summed E-state index contributed by atoms with van der Waals surface area (Å²) in [5.41, 5.74) is 0.209. The summed E-state index contributed by atoms with van der Waals surface area (Å²) in [5.74, 6) is 5.30. The molecule has 0 saturated heterocycles. The van der Waals surface area contributed by atoms with Crippen LogP contribution in [0.5, 0.6) is 0 Å². The van der Waals surface area contributed by atoms with Gasteiger partial charge in [0, 0.05) is 18.8 Å². The van der Waals surface area contributed by atoms with Crippen molar-refractivity contribution in [1.82, 2.24) is 0 Å². The summed E-state index contributed by atoms with van der Waals surface area (Å²) in [4.78, 5) is 11.6. The van der Waals surface area contributed by atoms with Crippen molar-refractivity contribution < 1.29 is 14.0 Å². The number of hydrogen-bond donors (Lipinski definition) is 0. The maximum absolute atomic E-state index is 11.6. The Balaban J connectivity index is 1.46. The fourth-order valence-electron chi connectivity index (χ4n) is 7.37. The van der Waals surface area contributed by atoms with Gasteiger partial charge in [0.2, 0.25) is 8.32 Å². The molecule has 3 nitrogen and oxygen atoms in total. The van der Waals surface area contributed by atoms with E-state index in [1.807, 2.05) is 0 Å². The van der Waals surface area contributed by atoms with E-state index in [-0.39, 0.29) is 22.5 Å². The maximum atomic E-state index is 11.6. The molecule has 0 bridgehead atoms. The van der Waals surface area contributed by atoms with Crippen LogP contribution in [0, 0.1) is 35.0 Å². The maximum Gasteiger partial charge on any atom is 0.302 e. The molecule has 30 heavy (non-hydrogen) atoms. The first-order valence-electron chi connectivity index (χ1n) is 12.5. The highest BCUT2D eigenvalue weighted by Gasteiger charge is 2.58. The van der Waals surface area contributed by atoms with Crippen LogP contribution in [0.1, 0.15) is 86.0 Å². The Labute approximate surface area is 185 Å². The quantitative estimate of drug-likeness (QED) is 0.353. The molecule has 3 saturated carbocycles. The first-order chi connectivity index (χ1) is 13.9. The second kappa shape index (κ2) is 7.67. The number of ether oxygens (including phenoxy) is 1. The molecule has 0 radical (unpaired) electrons. The molecule has 0 amide bonds. The van der Waals surface area contributed by atoms with Gasteiger partial charge in [0.15, 0.2) is 0 Å². The van der Waals surface area contributed by atoms with E-state index in [0.29, 0.717) is 0 Å². The summed E-state index contributed by atoms with van der Waals surface area (Å²) >= 11 is 0. The van der Waals surface area contributed by atoms with E-state index in [2.05, 4.69) is 46.9 Å². The van der Waals surface area contributed by atoms with Gasteiger partial charge in [0.25, 0.3) is 0 Å². The van der Waals surface area contributed by atoms with Crippen LogP contribution >= 0.6 is 0 Å². The lowest BCUT2D eigenvalue weighted by Crippen LogP contribution is -2.49. The van der Waals surface area contributed by atoms with Gasteiger partial charge in [0.1, 0.15) is 6.10 Å². The van der Waals surface area contributed by atoms with Gasteiger partial charge < -0.3 is 9.16 Å². The molecule has 7 atom stereocenters. The summed E-state index contributed by atoms with van der Waals surface area (Å²) in [6, 6.07) is 0. The first-order valence-corrected chi connectivity index (χ1v) is 15.4. The molecule has 0 heterocycles. The number of hydrogen-bond acceptors (Lipinski definition) is 3. The molecular weight excluding hydrogens is 388 g/mol. The second-order valence-electron chi connectivity index (χ2n) is 12.6. The van der Waals surface area contributed by atoms with Crippen LogP contribution in [0.2, 0.25) is 18.1 Å². The summed E-state index contributed by atoms with van der Waals surface area (Å²) < 4.78 is 12.5. The zero-order chi connectivity index (χ0) is 21.9. The molecule has 0 aromatic heterocycles. The van der Waals surface area contributed by atoms with E-state index >= 15 is 0 Å². The molecule has 4 heteroatoms. The summed E-state index contributed by atoms with van der Waals surface area (Å²) in [6.45, 7) is 15.7. The van der Waals surface area contributed by atoms with Gasteiger partial charge in [-0.05, 0) is 98.7 Å². The normalized spacial score (nSPS) is 41.2. The van der Waals surface area contributed by atoms with Crippen LogP contribution in [-0.2, 0) is 14.0 Å². The topological polar surface area (TPSA) is 35.5 Å². The van der Waals surface area contributed by atoms with Gasteiger partial charge in [-0.3, -0.25) is 4.79 Å². The van der Waals surface area contributed by atoms with E-state index in [0.717, 1.165) is 36.0 Å². The number of carbonyl (C=O) groups is 1. The number of esters is 1. The van der Waals surface area contributed by atoms with Gasteiger partial charge in [-0.1, -0.05) is 27.7 Å². The minimum absolute atomic E-state index is 0.0978. The van der Waals surface area contributed by atoms with Crippen molar-refractivity contribution in [3.8, 4) is 0 Å². The second-order valence-corrected chi connectivity index (χ2v) is 17.4. The molecule has 4 rings (SSSR count). The Hall–Kier alpha value is -0.773. The van der Waals surface area contributed by atoms with Crippen molar-refractivity contribution in [2.75, 3.05) is 0 Å². The van der Waals surface area contributed by atoms with Gasteiger partial charge in [0.05, 0.1) is 5.76 Å². The van der Waals surface area contributed by atoms with Gasteiger partial charge >= 0.3 is 5.97 Å². The fourth-order valence-corrected chi connectivity index (χ4v) is 8.50. The molecule has 0 aromatic carbocycles. The molecule has 0 spiro atoms. The molecule has 0 unspecified atom stereocenters. The van der Waals surface area contributed by atoms with Crippen molar-refractivity contribution in [2.45, 2.75) is 110 Å². The Bertz CT molecular complexity index is 706. The van der Waals surface area contributed by atoms with Gasteiger partial charge in [-0.2, -0.15) is 0 Å². The fraction of sp³-hybridized carbons (Fsp3) is 0.885. The number of allylic oxidation sites excluding steroid dienone is 2. The smallest absolute Gasteiger partial charge is 0.302 e. The predicted octanol–water partition coefficient (Wildman–Crippen LogP) is 7.09. The molecule has 4 aliphatic rings. The number of fused-ring (bicyclic) bond motifs is 5. The van der Waals surface area contributed by atoms with Crippen LogP contribution in [0.15, 0.2) is 11.8 Å². The molecule has 4 aliphatic carbocycles. The van der Waals surface area contributed by atoms with Crippen LogP contribution in [0.25, 0.3) is 0 Å². The third-order valence-electron chi connectivity index (χ3n) is 10.0. The van der Waals surface area contributed by atoms with Crippen molar-refractivity contribution in [3.05, 3.63) is 11.8 Å². The van der Waals surface area contributed by atoms with E-state index in [9.17, 15) is 4.79 Å². The zero-order valence-corrected chi connectivity index (χ0v) is 21.4. The highest BCUT2D eigenvalue weighted by molar-refractivity contribution is 6.74. The molecule has 170 valence electrons. The van der Waals surface area contributed by atoms with Crippen molar-refractivity contribution in [1.29, 1.82) is 0 Å². The average Bonchev–Trinajstić information content (AvgIpc) is 2.96. The van der Waals surface area contributed by atoms with Gasteiger partial charge in [-0.15, -0.1) is 0 Å². The van der Waals surface area contributed by atoms with Crippen LogP contribution in [0.3, 0.4) is 0 Å². The van der Waals surface area contributed by atoms with Crippen LogP contribution < -0.4 is 0 Å². The largest absolute Gasteiger partial charge is 0.547 e. The van der Waals surface area contributed by atoms with Gasteiger partial charge in [-0.25, -0.2) is 0 Å². The molecular formula is C26H44O3Si. The monoisotopic (exact) mass is 432 g/mol. The lowest BCUT2D eigenvalue weighted by Gasteiger charge is -2.55. The summed E-state index contributed by atoms with van der Waals surface area (Å²) in [5, 5.41) is 0.261. The number of rotatable bonds is 3. The van der Waals surface area contributed by atoms with E-state index < -0.39 is 8.32 Å². The van der Waals surface area contributed by atoms with Crippen molar-refractivity contribution in [2.24, 2.45) is 35.0 Å². The molecule has 0 aliphatic heterocycles. The predicted molar refractivity (Wildman–Crippen MR) is 124 cm³/mol. The van der Waals surface area contributed by atoms with E-state index in [4.69, 9.17) is 9.16 Å². The Morgan fingerprint density at radius 1 is 1.07 bits per heavy atom. The Morgan fingerprint density at radius 2 is 1.80 bits per heavy atom. The van der Waals surface area contributed by atoms with Crippen molar-refractivity contribution >= 4 is 14.3 Å². The van der Waals surface area contributed by atoms with Crippen LogP contribution in [0.4, 0.5) is 0 Å². The third-order valence-corrected chi connectivity index (χ3v) is 14.4. The highest BCUT2D eigenvalue weighted by Crippen LogP contribution is 2.63. The Kier molecular flexibility index (Phi) is 5.73. The lowest BCUT2D eigenvalue weighted by molar-refractivity contribution is -0.157. The summed E-state index contributed by atoms with van der Waals surface area (Å²) in [6.07, 6.45) is 12.6. The SMILES string of the molecule is CC(=O)O[C@H]1CC[C@H]2[C@@H]3CC[C@H]4CC(O[Si](C)(C)C(C)(C)C)=CC[C@@H]4[C@H]3CC[C@]12C. The minimum Gasteiger partial charge on any atom is -0.547 e. The third kappa shape index (κ3) is 3.80. The molecule has 0 aromatic rings. The Morgan fingerprint density at radius 3 is 2.47 bits per heavy atom. The zero-order valence-electron chi connectivity index (χ0n) is 20.4. The standard InChI is InChI=1S/C26H44O3Si/c1-17(27)28-24-13-12-23-22-10-8-18-16-19(29-30(6,7)25(2,3)4)9-11-20(18)21(22)14-15-26(23,24)5/h9,18,20-24H,8,10-16H2,1-7H3/t18-,20-,21+,22+,23-,24-,26-/m0/s1.